The number of sulfone groups is 1. The zero-order valence-electron chi connectivity index (χ0n) is 13.6. The van der Waals surface area contributed by atoms with Crippen molar-refractivity contribution < 1.29 is 13.2 Å². The van der Waals surface area contributed by atoms with E-state index in [4.69, 9.17) is 5.73 Å². The highest BCUT2D eigenvalue weighted by Crippen LogP contribution is 2.32. The molecule has 140 valence electrons. The van der Waals surface area contributed by atoms with Gasteiger partial charge in [0.2, 0.25) is 15.7 Å². The Hall–Kier alpha value is -1.17. The van der Waals surface area contributed by atoms with Crippen molar-refractivity contribution in [3.8, 4) is 0 Å². The van der Waals surface area contributed by atoms with Crippen molar-refractivity contribution in [3.05, 3.63) is 22.1 Å². The molecule has 1 fully saturated rings. The summed E-state index contributed by atoms with van der Waals surface area (Å²) < 4.78 is 26.1. The molecule has 1 amide bonds. The number of nitrogens with one attached hydrogen (secondary N) is 1. The number of carbonyl (C=O) groups is 1. The normalized spacial score (nSPS) is 15.3. The lowest BCUT2D eigenvalue weighted by atomic mass is 10.2. The first-order valence-electron chi connectivity index (χ1n) is 7.91. The predicted octanol–water partition coefficient (Wildman–Crippen LogP) is 2.87. The molecule has 0 spiro atoms. The smallest absolute Gasteiger partial charge is 0.230 e. The number of nitrogens with zero attached hydrogens (tertiary/aromatic N) is 2. The number of aromatic nitrogens is 2. The molecule has 3 N–H and O–H groups in total. The summed E-state index contributed by atoms with van der Waals surface area (Å²) >= 11 is 5.47. The molecule has 0 radical (unpaired) electrons. The highest BCUT2D eigenvalue weighted by Gasteiger charge is 2.24. The van der Waals surface area contributed by atoms with Crippen LogP contribution < -0.4 is 11.1 Å². The van der Waals surface area contributed by atoms with Crippen LogP contribution in [0, 0.1) is 0 Å². The second-order valence-electron chi connectivity index (χ2n) is 5.80. The molecule has 0 aliphatic heterocycles. The second kappa shape index (κ2) is 8.24. The van der Waals surface area contributed by atoms with Crippen molar-refractivity contribution in [1.29, 1.82) is 0 Å². The minimum Gasteiger partial charge on any atom is -0.382 e. The SMILES string of the molecule is Nc1nc(SCC(=O)NC2CCCC2)ncc1S(=O)(=O)c1ccc(Br)s1. The van der Waals surface area contributed by atoms with Gasteiger partial charge in [0.05, 0.1) is 15.7 Å². The number of anilines is 1. The maximum atomic E-state index is 12.6. The predicted molar refractivity (Wildman–Crippen MR) is 105 cm³/mol. The van der Waals surface area contributed by atoms with Gasteiger partial charge in [-0.1, -0.05) is 24.6 Å². The number of carbonyl (C=O) groups excluding carboxylic acids is 1. The van der Waals surface area contributed by atoms with E-state index < -0.39 is 9.84 Å². The van der Waals surface area contributed by atoms with Gasteiger partial charge in [-0.2, -0.15) is 0 Å². The van der Waals surface area contributed by atoms with Gasteiger partial charge in [-0.05, 0) is 40.9 Å². The molecule has 0 saturated heterocycles. The van der Waals surface area contributed by atoms with Crippen molar-refractivity contribution >= 4 is 60.6 Å². The van der Waals surface area contributed by atoms with Crippen LogP contribution in [0.4, 0.5) is 5.82 Å². The van der Waals surface area contributed by atoms with Crippen molar-refractivity contribution in [2.45, 2.75) is 46.0 Å². The lowest BCUT2D eigenvalue weighted by molar-refractivity contribution is -0.119. The maximum Gasteiger partial charge on any atom is 0.230 e. The van der Waals surface area contributed by atoms with Crippen LogP contribution in [-0.4, -0.2) is 36.1 Å². The number of amides is 1. The fourth-order valence-corrected chi connectivity index (χ4v) is 6.69. The largest absolute Gasteiger partial charge is 0.382 e. The minimum atomic E-state index is -3.76. The molecule has 3 rings (SSSR count). The highest BCUT2D eigenvalue weighted by atomic mass is 79.9. The zero-order valence-corrected chi connectivity index (χ0v) is 17.7. The number of thioether (sulfide) groups is 1. The molecule has 0 bridgehead atoms. The summed E-state index contributed by atoms with van der Waals surface area (Å²) in [5.41, 5.74) is 5.84. The van der Waals surface area contributed by atoms with Crippen molar-refractivity contribution in [2.75, 3.05) is 11.5 Å². The van der Waals surface area contributed by atoms with Gasteiger partial charge in [-0.15, -0.1) is 11.3 Å². The Labute approximate surface area is 168 Å². The number of halogens is 1. The summed E-state index contributed by atoms with van der Waals surface area (Å²) in [7, 11) is -3.76. The van der Waals surface area contributed by atoms with Gasteiger partial charge in [-0.3, -0.25) is 4.79 Å². The summed E-state index contributed by atoms with van der Waals surface area (Å²) in [4.78, 5) is 19.9. The molecular formula is C15H17BrN4O3S3. The molecule has 0 unspecified atom stereocenters. The van der Waals surface area contributed by atoms with Gasteiger partial charge in [0.1, 0.15) is 14.9 Å². The number of thiophene rings is 1. The lowest BCUT2D eigenvalue weighted by Crippen LogP contribution is -2.33. The Kier molecular flexibility index (Phi) is 6.21. The molecule has 0 atom stereocenters. The molecule has 11 heteroatoms. The van der Waals surface area contributed by atoms with Gasteiger partial charge >= 0.3 is 0 Å². The molecule has 1 aliphatic rings. The first kappa shape index (κ1) is 19.6. The van der Waals surface area contributed by atoms with Crippen LogP contribution in [0.5, 0.6) is 0 Å². The van der Waals surface area contributed by atoms with Crippen molar-refractivity contribution in [1.82, 2.24) is 15.3 Å². The van der Waals surface area contributed by atoms with Gasteiger partial charge in [0.25, 0.3) is 0 Å². The number of nitrogen functional groups attached to an aromatic ring is 1. The third-order valence-electron chi connectivity index (χ3n) is 3.92. The monoisotopic (exact) mass is 476 g/mol. The average Bonchev–Trinajstić information content (AvgIpc) is 3.24. The molecule has 1 saturated carbocycles. The van der Waals surface area contributed by atoms with Crippen LogP contribution in [0.25, 0.3) is 0 Å². The Bertz CT molecular complexity index is 911. The van der Waals surface area contributed by atoms with Crippen LogP contribution in [-0.2, 0) is 14.6 Å². The van der Waals surface area contributed by atoms with Crippen molar-refractivity contribution in [3.63, 3.8) is 0 Å². The highest BCUT2D eigenvalue weighted by molar-refractivity contribution is 9.11. The van der Waals surface area contributed by atoms with E-state index >= 15 is 0 Å². The Morgan fingerprint density at radius 2 is 2.12 bits per heavy atom. The van der Waals surface area contributed by atoms with Crippen LogP contribution in [0.3, 0.4) is 0 Å². The van der Waals surface area contributed by atoms with Gasteiger partial charge in [0, 0.05) is 6.04 Å². The first-order chi connectivity index (χ1) is 12.4. The third kappa shape index (κ3) is 4.56. The van der Waals surface area contributed by atoms with Gasteiger partial charge < -0.3 is 11.1 Å². The average molecular weight is 477 g/mol. The topological polar surface area (TPSA) is 115 Å². The van der Waals surface area contributed by atoms with E-state index in [1.165, 1.54) is 12.3 Å². The Morgan fingerprint density at radius 3 is 2.73 bits per heavy atom. The summed E-state index contributed by atoms with van der Waals surface area (Å²) in [5, 5.41) is 3.25. The van der Waals surface area contributed by atoms with Crippen LogP contribution in [0.1, 0.15) is 25.7 Å². The zero-order chi connectivity index (χ0) is 18.7. The maximum absolute atomic E-state index is 12.6. The Balaban J connectivity index is 1.66. The second-order valence-corrected chi connectivity index (χ2v) is 11.4. The number of nitrogens with two attached hydrogens (primary N) is 1. The Morgan fingerprint density at radius 1 is 1.38 bits per heavy atom. The van der Waals surface area contributed by atoms with E-state index in [0.717, 1.165) is 48.8 Å². The van der Waals surface area contributed by atoms with Crippen molar-refractivity contribution in [2.24, 2.45) is 0 Å². The minimum absolute atomic E-state index is 0.0794. The molecule has 2 aromatic heterocycles. The van der Waals surface area contributed by atoms with E-state index in [9.17, 15) is 13.2 Å². The van der Waals surface area contributed by atoms with Crippen LogP contribution >= 0.6 is 39.0 Å². The summed E-state index contributed by atoms with van der Waals surface area (Å²) in [6, 6.07) is 3.41. The molecule has 2 aromatic rings. The fraction of sp³-hybridized carbons (Fsp3) is 0.400. The van der Waals surface area contributed by atoms with E-state index in [1.54, 1.807) is 6.07 Å². The number of rotatable bonds is 6. The van der Waals surface area contributed by atoms with E-state index in [2.05, 4.69) is 31.2 Å². The quantitative estimate of drug-likeness (QED) is 0.486. The van der Waals surface area contributed by atoms with Crippen LogP contribution in [0.15, 0.2) is 36.4 Å². The molecule has 7 nitrogen and oxygen atoms in total. The molecule has 1 aliphatic carbocycles. The van der Waals surface area contributed by atoms with E-state index in [0.29, 0.717) is 3.79 Å². The third-order valence-corrected chi connectivity index (χ3v) is 8.66. The van der Waals surface area contributed by atoms with Gasteiger partial charge in [0.15, 0.2) is 5.16 Å². The summed E-state index contributed by atoms with van der Waals surface area (Å²) in [6.07, 6.45) is 5.53. The molecule has 2 heterocycles. The molecule has 0 aromatic carbocycles. The lowest BCUT2D eigenvalue weighted by Gasteiger charge is -2.11. The summed E-state index contributed by atoms with van der Waals surface area (Å²) in [5.74, 6) is -0.0349. The van der Waals surface area contributed by atoms with E-state index in [-0.39, 0.29) is 37.8 Å². The summed E-state index contributed by atoms with van der Waals surface area (Å²) in [6.45, 7) is 0. The standard InChI is InChI=1S/C15H17BrN4O3S3/c16-11-5-6-13(25-11)26(22,23)10-7-18-15(20-14(10)17)24-8-12(21)19-9-3-1-2-4-9/h5-7,9H,1-4,8H2,(H,19,21)(H2,17,18,20). The van der Waals surface area contributed by atoms with E-state index in [1.807, 2.05) is 0 Å². The first-order valence-corrected chi connectivity index (χ1v) is 12.0. The van der Waals surface area contributed by atoms with Gasteiger partial charge in [-0.25, -0.2) is 18.4 Å². The molecule has 26 heavy (non-hydrogen) atoms. The molecular weight excluding hydrogens is 460 g/mol. The van der Waals surface area contributed by atoms with Crippen LogP contribution in [0.2, 0.25) is 0 Å². The number of hydrogen-bond acceptors (Lipinski definition) is 8. The number of hydrogen-bond donors (Lipinski definition) is 2. The fourth-order valence-electron chi connectivity index (χ4n) is 2.66.